The van der Waals surface area contributed by atoms with Crippen molar-refractivity contribution >= 4 is 5.71 Å². The van der Waals surface area contributed by atoms with Crippen LogP contribution in [-0.2, 0) is 4.84 Å². The summed E-state index contributed by atoms with van der Waals surface area (Å²) < 4.78 is 0. The summed E-state index contributed by atoms with van der Waals surface area (Å²) in [5.74, 6) is 0.591. The van der Waals surface area contributed by atoms with Crippen LogP contribution in [0.3, 0.4) is 0 Å². The highest BCUT2D eigenvalue weighted by atomic mass is 16.6. The van der Waals surface area contributed by atoms with Crippen LogP contribution in [0.2, 0.25) is 0 Å². The third-order valence-corrected chi connectivity index (χ3v) is 2.23. The molecule has 0 bridgehead atoms. The lowest BCUT2D eigenvalue weighted by Gasteiger charge is -2.10. The minimum atomic E-state index is 0.286. The van der Waals surface area contributed by atoms with Crippen molar-refractivity contribution in [3.05, 3.63) is 29.3 Å². The molecule has 3 nitrogen and oxygen atoms in total. The number of hydrogen-bond donors (Lipinski definition) is 1. The van der Waals surface area contributed by atoms with Crippen LogP contribution in [0.25, 0.3) is 0 Å². The van der Waals surface area contributed by atoms with E-state index in [4.69, 9.17) is 4.84 Å². The fourth-order valence-corrected chi connectivity index (χ4v) is 1.40. The van der Waals surface area contributed by atoms with Crippen LogP contribution in [-0.4, -0.2) is 17.9 Å². The highest BCUT2D eigenvalue weighted by Gasteiger charge is 2.10. The molecule has 0 saturated heterocycles. The van der Waals surface area contributed by atoms with Gasteiger partial charge < -0.3 is 9.94 Å². The second kappa shape index (κ2) is 4.82. The third-order valence-electron chi connectivity index (χ3n) is 2.23. The van der Waals surface area contributed by atoms with Crippen LogP contribution < -0.4 is 0 Å². The summed E-state index contributed by atoms with van der Waals surface area (Å²) in [6.45, 7) is 5.98. The van der Waals surface area contributed by atoms with Crippen molar-refractivity contribution in [2.24, 2.45) is 11.1 Å². The van der Waals surface area contributed by atoms with Gasteiger partial charge in [-0.1, -0.05) is 19.0 Å². The molecule has 0 saturated carbocycles. The highest BCUT2D eigenvalue weighted by Crippen LogP contribution is 2.19. The van der Waals surface area contributed by atoms with Gasteiger partial charge in [0, 0.05) is 5.56 Å². The zero-order valence-electron chi connectivity index (χ0n) is 9.61. The molecule has 3 heteroatoms. The van der Waals surface area contributed by atoms with E-state index in [9.17, 15) is 5.11 Å². The number of phenols is 1. The molecule has 0 aromatic heterocycles. The Hall–Kier alpha value is -1.51. The molecule has 1 rings (SSSR count). The minimum absolute atomic E-state index is 0.286. The van der Waals surface area contributed by atoms with Crippen molar-refractivity contribution in [2.45, 2.75) is 20.8 Å². The predicted octanol–water partition coefficient (Wildman–Crippen LogP) is 2.71. The summed E-state index contributed by atoms with van der Waals surface area (Å²) >= 11 is 0. The van der Waals surface area contributed by atoms with Gasteiger partial charge in [-0.15, -0.1) is 0 Å². The van der Waals surface area contributed by atoms with E-state index in [2.05, 4.69) is 19.0 Å². The van der Waals surface area contributed by atoms with Gasteiger partial charge in [0.2, 0.25) is 0 Å². The summed E-state index contributed by atoms with van der Waals surface area (Å²) in [6.07, 6.45) is 0. The maximum Gasteiger partial charge on any atom is 0.118 e. The zero-order valence-corrected chi connectivity index (χ0v) is 9.61. The average molecular weight is 207 g/mol. The standard InChI is InChI=1S/C12H17NO2/c1-8(2)12(13-15-4)10-5-6-11(14)9(3)7-10/h5-8,14H,1-4H3/b13-12+. The Balaban J connectivity index is 3.13. The molecular formula is C12H17NO2. The van der Waals surface area contributed by atoms with Gasteiger partial charge in [0.1, 0.15) is 12.9 Å². The first-order chi connectivity index (χ1) is 7.06. The van der Waals surface area contributed by atoms with Crippen LogP contribution in [0.1, 0.15) is 25.0 Å². The molecule has 0 atom stereocenters. The van der Waals surface area contributed by atoms with Crippen LogP contribution in [0, 0.1) is 12.8 Å². The quantitative estimate of drug-likeness (QED) is 0.611. The van der Waals surface area contributed by atoms with E-state index in [1.54, 1.807) is 6.07 Å². The number of phenolic OH excluding ortho intramolecular Hbond substituents is 1. The van der Waals surface area contributed by atoms with E-state index in [1.807, 2.05) is 19.1 Å². The van der Waals surface area contributed by atoms with Crippen LogP contribution in [0.5, 0.6) is 5.75 Å². The molecule has 0 aliphatic rings. The maximum absolute atomic E-state index is 9.42. The number of aryl methyl sites for hydroxylation is 1. The fourth-order valence-electron chi connectivity index (χ4n) is 1.40. The minimum Gasteiger partial charge on any atom is -0.508 e. The lowest BCUT2D eigenvalue weighted by atomic mass is 9.98. The Morgan fingerprint density at radius 1 is 1.40 bits per heavy atom. The smallest absolute Gasteiger partial charge is 0.118 e. The molecule has 0 unspecified atom stereocenters. The molecule has 82 valence electrons. The van der Waals surface area contributed by atoms with Crippen molar-refractivity contribution in [3.8, 4) is 5.75 Å². The molecule has 1 N–H and O–H groups in total. The van der Waals surface area contributed by atoms with E-state index in [-0.39, 0.29) is 5.92 Å². The second-order valence-corrected chi connectivity index (χ2v) is 3.82. The van der Waals surface area contributed by atoms with E-state index < -0.39 is 0 Å². The Morgan fingerprint density at radius 3 is 2.53 bits per heavy atom. The fraction of sp³-hybridized carbons (Fsp3) is 0.417. The third kappa shape index (κ3) is 2.72. The lowest BCUT2D eigenvalue weighted by Crippen LogP contribution is -2.10. The van der Waals surface area contributed by atoms with Crippen molar-refractivity contribution in [3.63, 3.8) is 0 Å². The number of hydrogen-bond acceptors (Lipinski definition) is 3. The number of aromatic hydroxyl groups is 1. The summed E-state index contributed by atoms with van der Waals surface area (Å²) in [7, 11) is 1.54. The molecule has 0 spiro atoms. The van der Waals surface area contributed by atoms with Crippen LogP contribution >= 0.6 is 0 Å². The first kappa shape index (κ1) is 11.6. The molecule has 0 amide bonds. The van der Waals surface area contributed by atoms with Crippen LogP contribution in [0.15, 0.2) is 23.4 Å². The SMILES string of the molecule is CO/N=C(/c1ccc(O)c(C)c1)C(C)C. The Bertz CT molecular complexity index is 370. The normalized spacial score (nSPS) is 11.9. The Labute approximate surface area is 90.4 Å². The summed E-state index contributed by atoms with van der Waals surface area (Å²) in [6, 6.07) is 5.44. The first-order valence-electron chi connectivity index (χ1n) is 4.97. The van der Waals surface area contributed by atoms with Gasteiger partial charge >= 0.3 is 0 Å². The van der Waals surface area contributed by atoms with Gasteiger partial charge in [-0.05, 0) is 36.6 Å². The van der Waals surface area contributed by atoms with Crippen molar-refractivity contribution in [1.82, 2.24) is 0 Å². The summed E-state index contributed by atoms with van der Waals surface area (Å²) in [4.78, 5) is 4.82. The van der Waals surface area contributed by atoms with Gasteiger partial charge in [-0.3, -0.25) is 0 Å². The molecule has 0 aliphatic heterocycles. The van der Waals surface area contributed by atoms with E-state index in [0.717, 1.165) is 16.8 Å². The van der Waals surface area contributed by atoms with Gasteiger partial charge in [-0.2, -0.15) is 0 Å². The number of benzene rings is 1. The van der Waals surface area contributed by atoms with E-state index in [0.29, 0.717) is 5.75 Å². The molecule has 0 heterocycles. The number of nitrogens with zero attached hydrogens (tertiary/aromatic N) is 1. The van der Waals surface area contributed by atoms with Gasteiger partial charge in [0.15, 0.2) is 0 Å². The first-order valence-corrected chi connectivity index (χ1v) is 4.97. The topological polar surface area (TPSA) is 41.8 Å². The molecule has 0 fully saturated rings. The summed E-state index contributed by atoms with van der Waals surface area (Å²) in [5.41, 5.74) is 2.72. The monoisotopic (exact) mass is 207 g/mol. The molecule has 0 radical (unpaired) electrons. The van der Waals surface area contributed by atoms with E-state index in [1.165, 1.54) is 7.11 Å². The van der Waals surface area contributed by atoms with Crippen molar-refractivity contribution in [2.75, 3.05) is 7.11 Å². The Kier molecular flexibility index (Phi) is 3.72. The zero-order chi connectivity index (χ0) is 11.4. The van der Waals surface area contributed by atoms with Crippen molar-refractivity contribution in [1.29, 1.82) is 0 Å². The second-order valence-electron chi connectivity index (χ2n) is 3.82. The molecular weight excluding hydrogens is 190 g/mol. The number of rotatable bonds is 3. The predicted molar refractivity (Wildman–Crippen MR) is 61.2 cm³/mol. The molecule has 15 heavy (non-hydrogen) atoms. The average Bonchev–Trinajstić information content (AvgIpc) is 2.18. The molecule has 0 aliphatic carbocycles. The van der Waals surface area contributed by atoms with E-state index >= 15 is 0 Å². The summed E-state index contributed by atoms with van der Waals surface area (Å²) in [5, 5.41) is 13.4. The Morgan fingerprint density at radius 2 is 2.07 bits per heavy atom. The van der Waals surface area contributed by atoms with Crippen LogP contribution in [0.4, 0.5) is 0 Å². The molecule has 1 aromatic rings. The number of oxime groups is 1. The van der Waals surface area contributed by atoms with Gasteiger partial charge in [-0.25, -0.2) is 0 Å². The van der Waals surface area contributed by atoms with Gasteiger partial charge in [0.05, 0.1) is 5.71 Å². The lowest BCUT2D eigenvalue weighted by molar-refractivity contribution is 0.212. The van der Waals surface area contributed by atoms with Crippen molar-refractivity contribution < 1.29 is 9.94 Å². The molecule has 1 aromatic carbocycles. The maximum atomic E-state index is 9.42. The largest absolute Gasteiger partial charge is 0.508 e. The highest BCUT2D eigenvalue weighted by molar-refractivity contribution is 6.01. The van der Waals surface area contributed by atoms with Gasteiger partial charge in [0.25, 0.3) is 0 Å².